The van der Waals surface area contributed by atoms with Crippen LogP contribution in [0.4, 0.5) is 5.82 Å². The van der Waals surface area contributed by atoms with E-state index in [4.69, 9.17) is 5.73 Å². The highest BCUT2D eigenvalue weighted by Gasteiger charge is 2.17. The molecule has 20 heavy (non-hydrogen) atoms. The van der Waals surface area contributed by atoms with Crippen molar-refractivity contribution in [1.29, 1.82) is 0 Å². The number of hydrogen-bond acceptors (Lipinski definition) is 4. The maximum absolute atomic E-state index is 6.20. The van der Waals surface area contributed by atoms with Crippen molar-refractivity contribution in [2.24, 2.45) is 11.1 Å². The molecule has 0 fully saturated rings. The fourth-order valence-electron chi connectivity index (χ4n) is 2.39. The first-order valence-corrected chi connectivity index (χ1v) is 7.03. The largest absolute Gasteiger partial charge is 0.363 e. The highest BCUT2D eigenvalue weighted by atomic mass is 15.1. The van der Waals surface area contributed by atoms with Gasteiger partial charge in [-0.1, -0.05) is 20.8 Å². The van der Waals surface area contributed by atoms with Gasteiger partial charge in [-0.05, 0) is 24.0 Å². The van der Waals surface area contributed by atoms with Gasteiger partial charge in [0.1, 0.15) is 11.6 Å². The number of H-pyrrole nitrogens is 1. The quantitative estimate of drug-likeness (QED) is 0.898. The smallest absolute Gasteiger partial charge is 0.179 e. The predicted octanol–water partition coefficient (Wildman–Crippen LogP) is 2.33. The summed E-state index contributed by atoms with van der Waals surface area (Å²) in [6, 6.07) is 4.12. The Hall–Kier alpha value is -1.62. The highest BCUT2D eigenvalue weighted by Crippen LogP contribution is 2.22. The fraction of sp³-hybridized carbons (Fsp3) is 0.600. The normalized spacial score (nSPS) is 13.7. The van der Waals surface area contributed by atoms with Crippen LogP contribution in [0.15, 0.2) is 12.1 Å². The van der Waals surface area contributed by atoms with Crippen molar-refractivity contribution in [3.63, 3.8) is 0 Å². The molecule has 0 bridgehead atoms. The number of pyridine rings is 1. The van der Waals surface area contributed by atoms with E-state index in [9.17, 15) is 0 Å². The maximum Gasteiger partial charge on any atom is 0.179 e. The molecular weight excluding hydrogens is 250 g/mol. The van der Waals surface area contributed by atoms with Gasteiger partial charge in [0.2, 0.25) is 0 Å². The molecule has 0 radical (unpaired) electrons. The zero-order valence-corrected chi connectivity index (χ0v) is 13.1. The minimum Gasteiger partial charge on any atom is -0.363 e. The number of hydrogen-bond donors (Lipinski definition) is 2. The van der Waals surface area contributed by atoms with Crippen LogP contribution in [0.3, 0.4) is 0 Å². The monoisotopic (exact) mass is 275 g/mol. The third kappa shape index (κ3) is 3.70. The predicted molar refractivity (Wildman–Crippen MR) is 84.0 cm³/mol. The first kappa shape index (κ1) is 14.8. The topological polar surface area (TPSA) is 70.8 Å². The molecule has 0 amide bonds. The van der Waals surface area contributed by atoms with Gasteiger partial charge < -0.3 is 15.6 Å². The Morgan fingerprint density at radius 2 is 1.95 bits per heavy atom. The van der Waals surface area contributed by atoms with Gasteiger partial charge in [0.25, 0.3) is 0 Å². The molecule has 3 N–H and O–H groups in total. The molecule has 0 aliphatic heterocycles. The number of nitrogens with one attached hydrogen (secondary N) is 1. The first-order chi connectivity index (χ1) is 9.24. The zero-order valence-electron chi connectivity index (χ0n) is 13.1. The molecule has 5 heteroatoms. The van der Waals surface area contributed by atoms with E-state index in [-0.39, 0.29) is 11.5 Å². The molecule has 0 aromatic carbocycles. The summed E-state index contributed by atoms with van der Waals surface area (Å²) in [6.45, 7) is 6.61. The summed E-state index contributed by atoms with van der Waals surface area (Å²) >= 11 is 0. The first-order valence-electron chi connectivity index (χ1n) is 7.03. The number of nitrogens with two attached hydrogens (primary N) is 1. The molecule has 110 valence electrons. The number of rotatable bonds is 4. The van der Waals surface area contributed by atoms with Crippen molar-refractivity contribution in [2.75, 3.05) is 19.0 Å². The molecule has 0 spiro atoms. The van der Waals surface area contributed by atoms with Crippen molar-refractivity contribution < 1.29 is 0 Å². The SMILES string of the molecule is CN(C)c1ccc2[nH]c(CC(N)CC(C)(C)C)nc2n1. The average molecular weight is 275 g/mol. The Labute approximate surface area is 120 Å². The van der Waals surface area contributed by atoms with Crippen LogP contribution in [0.1, 0.15) is 33.0 Å². The Kier molecular flexibility index (Phi) is 3.99. The van der Waals surface area contributed by atoms with Crippen molar-refractivity contribution in [3.8, 4) is 0 Å². The summed E-state index contributed by atoms with van der Waals surface area (Å²) in [6.07, 6.45) is 1.73. The van der Waals surface area contributed by atoms with Gasteiger partial charge in [0.05, 0.1) is 5.52 Å². The molecule has 2 aromatic rings. The van der Waals surface area contributed by atoms with E-state index in [2.05, 4.69) is 35.7 Å². The summed E-state index contributed by atoms with van der Waals surface area (Å²) in [4.78, 5) is 14.4. The van der Waals surface area contributed by atoms with Crippen LogP contribution in [-0.2, 0) is 6.42 Å². The average Bonchev–Trinajstić information content (AvgIpc) is 2.66. The second kappa shape index (κ2) is 5.40. The standard InChI is InChI=1S/C15H25N5/c1-15(2,3)9-10(16)8-12-17-11-6-7-13(20(4)5)19-14(11)18-12/h6-7,10H,8-9,16H2,1-5H3,(H,17,18,19). The molecule has 2 heterocycles. The van der Waals surface area contributed by atoms with Crippen LogP contribution in [0.5, 0.6) is 0 Å². The van der Waals surface area contributed by atoms with E-state index in [1.807, 2.05) is 31.1 Å². The molecule has 1 atom stereocenters. The number of fused-ring (bicyclic) bond motifs is 1. The third-order valence-electron chi connectivity index (χ3n) is 3.17. The number of anilines is 1. The van der Waals surface area contributed by atoms with Crippen molar-refractivity contribution in [3.05, 3.63) is 18.0 Å². The zero-order chi connectivity index (χ0) is 14.9. The Bertz CT molecular complexity index is 579. The lowest BCUT2D eigenvalue weighted by Gasteiger charge is -2.22. The van der Waals surface area contributed by atoms with Crippen LogP contribution in [-0.4, -0.2) is 35.1 Å². The fourth-order valence-corrected chi connectivity index (χ4v) is 2.39. The number of aromatic amines is 1. The Morgan fingerprint density at radius 1 is 1.25 bits per heavy atom. The summed E-state index contributed by atoms with van der Waals surface area (Å²) in [7, 11) is 3.95. The van der Waals surface area contributed by atoms with Gasteiger partial charge in [0.15, 0.2) is 5.65 Å². The number of aromatic nitrogens is 3. The second-order valence-corrected chi connectivity index (χ2v) is 6.85. The number of imidazole rings is 1. The molecular formula is C15H25N5. The van der Waals surface area contributed by atoms with Crippen molar-refractivity contribution in [2.45, 2.75) is 39.7 Å². The van der Waals surface area contributed by atoms with E-state index in [1.165, 1.54) is 0 Å². The molecule has 2 rings (SSSR count). The minimum absolute atomic E-state index is 0.115. The molecule has 0 saturated carbocycles. The lowest BCUT2D eigenvalue weighted by molar-refractivity contribution is 0.337. The summed E-state index contributed by atoms with van der Waals surface area (Å²) in [5.41, 5.74) is 8.17. The van der Waals surface area contributed by atoms with Crippen LogP contribution in [0.2, 0.25) is 0 Å². The van der Waals surface area contributed by atoms with Gasteiger partial charge in [-0.25, -0.2) is 9.97 Å². The third-order valence-corrected chi connectivity index (χ3v) is 3.17. The van der Waals surface area contributed by atoms with Crippen LogP contribution in [0.25, 0.3) is 11.2 Å². The highest BCUT2D eigenvalue weighted by molar-refractivity contribution is 5.73. The van der Waals surface area contributed by atoms with Crippen molar-refractivity contribution >= 4 is 17.0 Å². The van der Waals surface area contributed by atoms with E-state index in [0.717, 1.165) is 35.6 Å². The van der Waals surface area contributed by atoms with E-state index in [1.54, 1.807) is 0 Å². The van der Waals surface area contributed by atoms with Crippen LogP contribution < -0.4 is 10.6 Å². The van der Waals surface area contributed by atoms with Crippen molar-refractivity contribution in [1.82, 2.24) is 15.0 Å². The molecule has 0 aliphatic carbocycles. The van der Waals surface area contributed by atoms with E-state index >= 15 is 0 Å². The van der Waals surface area contributed by atoms with Crippen LogP contribution in [0, 0.1) is 5.41 Å². The lowest BCUT2D eigenvalue weighted by Crippen LogP contribution is -2.28. The Morgan fingerprint density at radius 3 is 2.55 bits per heavy atom. The minimum atomic E-state index is 0.115. The van der Waals surface area contributed by atoms with Crippen LogP contribution >= 0.6 is 0 Å². The summed E-state index contributed by atoms with van der Waals surface area (Å²) < 4.78 is 0. The maximum atomic E-state index is 6.20. The van der Waals surface area contributed by atoms with E-state index < -0.39 is 0 Å². The van der Waals surface area contributed by atoms with Gasteiger partial charge in [-0.3, -0.25) is 0 Å². The van der Waals surface area contributed by atoms with Gasteiger partial charge in [-0.15, -0.1) is 0 Å². The second-order valence-electron chi connectivity index (χ2n) is 6.85. The van der Waals surface area contributed by atoms with E-state index in [0.29, 0.717) is 0 Å². The van der Waals surface area contributed by atoms with Gasteiger partial charge >= 0.3 is 0 Å². The molecule has 0 aliphatic rings. The molecule has 0 saturated heterocycles. The van der Waals surface area contributed by atoms with Gasteiger partial charge in [0, 0.05) is 26.6 Å². The Balaban J connectivity index is 2.15. The molecule has 2 aromatic heterocycles. The molecule has 5 nitrogen and oxygen atoms in total. The lowest BCUT2D eigenvalue weighted by atomic mass is 9.87. The molecule has 1 unspecified atom stereocenters. The summed E-state index contributed by atoms with van der Waals surface area (Å²) in [5.74, 6) is 1.83. The number of nitrogens with zero attached hydrogens (tertiary/aromatic N) is 3. The van der Waals surface area contributed by atoms with Gasteiger partial charge in [-0.2, -0.15) is 0 Å². The summed E-state index contributed by atoms with van der Waals surface area (Å²) in [5, 5.41) is 0.